The number of nitrogens with zero attached hydrogens (tertiary/aromatic N) is 4. The molecule has 4 rings (SSSR count). The lowest BCUT2D eigenvalue weighted by molar-refractivity contribution is -0.138. The van der Waals surface area contributed by atoms with Crippen LogP contribution in [-0.4, -0.2) is 24.1 Å². The lowest BCUT2D eigenvalue weighted by atomic mass is 9.57. The van der Waals surface area contributed by atoms with Crippen LogP contribution >= 0.6 is 0 Å². The van der Waals surface area contributed by atoms with Crippen molar-refractivity contribution in [1.29, 1.82) is 15.8 Å². The molecule has 0 fully saturated rings. The van der Waals surface area contributed by atoms with Gasteiger partial charge in [-0.25, -0.2) is 4.79 Å². The average molecular weight is 503 g/mol. The van der Waals surface area contributed by atoms with E-state index in [1.807, 2.05) is 24.3 Å². The molecule has 0 radical (unpaired) electrons. The lowest BCUT2D eigenvalue weighted by Gasteiger charge is -2.45. The largest absolute Gasteiger partial charge is 0.445 e. The Kier molecular flexibility index (Phi) is 6.66. The number of ether oxygens (including phenoxy) is 1. The molecule has 1 amide bonds. The third-order valence-corrected chi connectivity index (χ3v) is 6.73. The third-order valence-electron chi connectivity index (χ3n) is 6.73. The molecule has 0 aromatic heterocycles. The molecule has 7 nitrogen and oxygen atoms in total. The first-order valence-corrected chi connectivity index (χ1v) is 11.2. The fraction of sp³-hybridized carbons (Fsp3) is 0.259. The van der Waals surface area contributed by atoms with Gasteiger partial charge in [0.05, 0.1) is 29.0 Å². The first-order valence-electron chi connectivity index (χ1n) is 11.2. The van der Waals surface area contributed by atoms with Gasteiger partial charge in [0.2, 0.25) is 0 Å². The molecular formula is C27H20F3N5O2. The first-order chi connectivity index (χ1) is 17.7. The molecule has 0 spiro atoms. The number of fused-ring (bicyclic) bond motifs is 1. The van der Waals surface area contributed by atoms with Gasteiger partial charge in [-0.2, -0.15) is 29.0 Å². The summed E-state index contributed by atoms with van der Waals surface area (Å²) in [4.78, 5) is 14.2. The number of benzene rings is 2. The quantitative estimate of drug-likeness (QED) is 0.643. The summed E-state index contributed by atoms with van der Waals surface area (Å²) in [7, 11) is 0. The Bertz CT molecular complexity index is 1400. The van der Waals surface area contributed by atoms with Gasteiger partial charge in [0, 0.05) is 24.9 Å². The number of nitrogens with two attached hydrogens (primary N) is 1. The van der Waals surface area contributed by atoms with Crippen LogP contribution in [0.2, 0.25) is 0 Å². The Morgan fingerprint density at radius 2 is 1.73 bits per heavy atom. The van der Waals surface area contributed by atoms with Gasteiger partial charge >= 0.3 is 12.3 Å². The Balaban J connectivity index is 1.81. The molecule has 0 saturated heterocycles. The fourth-order valence-electron chi connectivity index (χ4n) is 5.01. The van der Waals surface area contributed by atoms with Crippen LogP contribution in [0.25, 0.3) is 0 Å². The highest BCUT2D eigenvalue weighted by molar-refractivity contribution is 5.69. The van der Waals surface area contributed by atoms with Crippen LogP contribution in [0.5, 0.6) is 0 Å². The summed E-state index contributed by atoms with van der Waals surface area (Å²) >= 11 is 0. The molecule has 2 aliphatic rings. The van der Waals surface area contributed by atoms with Crippen molar-refractivity contribution in [2.45, 2.75) is 18.7 Å². The number of carbonyl (C=O) groups excluding carboxylic acids is 1. The van der Waals surface area contributed by atoms with Gasteiger partial charge in [0.15, 0.2) is 5.41 Å². The van der Waals surface area contributed by atoms with Crippen LogP contribution in [0, 0.1) is 45.3 Å². The number of amides is 1. The second-order valence-electron chi connectivity index (χ2n) is 8.71. The van der Waals surface area contributed by atoms with Crippen LogP contribution in [0.4, 0.5) is 18.0 Å². The van der Waals surface area contributed by atoms with Crippen LogP contribution in [0.3, 0.4) is 0 Å². The molecule has 2 N–H and O–H groups in total. The summed E-state index contributed by atoms with van der Waals surface area (Å²) in [5, 5.41) is 30.1. The van der Waals surface area contributed by atoms with Crippen molar-refractivity contribution < 1.29 is 22.7 Å². The monoisotopic (exact) mass is 503 g/mol. The highest BCUT2D eigenvalue weighted by Crippen LogP contribution is 2.55. The summed E-state index contributed by atoms with van der Waals surface area (Å²) in [6, 6.07) is 19.1. The second-order valence-corrected chi connectivity index (χ2v) is 8.71. The minimum Gasteiger partial charge on any atom is -0.445 e. The zero-order valence-corrected chi connectivity index (χ0v) is 19.4. The zero-order valence-electron chi connectivity index (χ0n) is 19.4. The molecule has 1 aliphatic carbocycles. The molecule has 2 aromatic carbocycles. The number of halogens is 3. The van der Waals surface area contributed by atoms with E-state index in [0.717, 1.165) is 11.6 Å². The highest BCUT2D eigenvalue weighted by Gasteiger charge is 2.56. The molecule has 2 atom stereocenters. The predicted octanol–water partition coefficient (Wildman–Crippen LogP) is 4.77. The van der Waals surface area contributed by atoms with Crippen molar-refractivity contribution >= 4 is 6.09 Å². The normalized spacial score (nSPS) is 20.5. The number of nitriles is 3. The van der Waals surface area contributed by atoms with Crippen molar-refractivity contribution in [3.05, 3.63) is 94.2 Å². The van der Waals surface area contributed by atoms with E-state index in [9.17, 15) is 33.8 Å². The average Bonchev–Trinajstić information content (AvgIpc) is 2.91. The van der Waals surface area contributed by atoms with Gasteiger partial charge in [-0.3, -0.25) is 0 Å². The van der Waals surface area contributed by atoms with Gasteiger partial charge in [-0.15, -0.1) is 0 Å². The van der Waals surface area contributed by atoms with Gasteiger partial charge in [-0.05, 0) is 22.8 Å². The summed E-state index contributed by atoms with van der Waals surface area (Å²) < 4.78 is 47.5. The van der Waals surface area contributed by atoms with Crippen LogP contribution in [-0.2, 0) is 17.5 Å². The molecular weight excluding hydrogens is 483 g/mol. The zero-order chi connectivity index (χ0) is 26.8. The molecule has 1 heterocycles. The van der Waals surface area contributed by atoms with E-state index in [1.165, 1.54) is 29.2 Å². The number of allylic oxidation sites excluding steroid dienone is 2. The summed E-state index contributed by atoms with van der Waals surface area (Å²) in [5.41, 5.74) is 3.08. The van der Waals surface area contributed by atoms with Crippen molar-refractivity contribution in [2.24, 2.45) is 17.1 Å². The molecule has 186 valence electrons. The van der Waals surface area contributed by atoms with Crippen molar-refractivity contribution in [2.75, 3.05) is 13.1 Å². The molecule has 37 heavy (non-hydrogen) atoms. The summed E-state index contributed by atoms with van der Waals surface area (Å²) in [5.74, 6) is -2.41. The first kappa shape index (κ1) is 25.3. The minimum atomic E-state index is -4.78. The van der Waals surface area contributed by atoms with Crippen LogP contribution in [0.1, 0.15) is 22.6 Å². The standard InChI is InChI=1S/C27H20F3N5O2/c28-27(29,30)22-9-5-4-8-19(22)23-21-13-35(25(36)37-14-17-6-2-1-3-7-17)11-10-18(21)20(12-31)24(34)26(23,15-32)16-33/h1-10,21,23H,11,13-14,34H2. The minimum absolute atomic E-state index is 0.0116. The van der Waals surface area contributed by atoms with E-state index < -0.39 is 40.8 Å². The summed E-state index contributed by atoms with van der Waals surface area (Å²) in [6.45, 7) is -0.189. The van der Waals surface area contributed by atoms with Gasteiger partial charge < -0.3 is 15.4 Å². The Labute approximate surface area is 211 Å². The van der Waals surface area contributed by atoms with Crippen molar-refractivity contribution in [3.8, 4) is 18.2 Å². The third kappa shape index (κ3) is 4.37. The lowest BCUT2D eigenvalue weighted by Crippen LogP contribution is -2.49. The molecule has 0 bridgehead atoms. The maximum absolute atomic E-state index is 14.0. The molecule has 2 unspecified atom stereocenters. The van der Waals surface area contributed by atoms with E-state index >= 15 is 0 Å². The number of alkyl halides is 3. The second kappa shape index (κ2) is 9.72. The molecule has 10 heteroatoms. The number of hydrogen-bond acceptors (Lipinski definition) is 6. The van der Waals surface area contributed by atoms with Crippen LogP contribution < -0.4 is 5.73 Å². The number of hydrogen-bond donors (Lipinski definition) is 1. The van der Waals surface area contributed by atoms with E-state index in [2.05, 4.69) is 0 Å². The maximum Gasteiger partial charge on any atom is 0.416 e. The molecule has 2 aromatic rings. The molecule has 1 aliphatic heterocycles. The van der Waals surface area contributed by atoms with E-state index in [-0.39, 0.29) is 30.8 Å². The Hall–Kier alpha value is -4.75. The summed E-state index contributed by atoms with van der Waals surface area (Å²) in [6.07, 6.45) is -3.98. The van der Waals surface area contributed by atoms with Crippen molar-refractivity contribution in [3.63, 3.8) is 0 Å². The number of rotatable bonds is 3. The fourth-order valence-corrected chi connectivity index (χ4v) is 5.01. The van der Waals surface area contributed by atoms with Gasteiger partial charge in [0.25, 0.3) is 0 Å². The smallest absolute Gasteiger partial charge is 0.416 e. The van der Waals surface area contributed by atoms with E-state index in [0.29, 0.717) is 5.57 Å². The Morgan fingerprint density at radius 1 is 1.08 bits per heavy atom. The van der Waals surface area contributed by atoms with Gasteiger partial charge in [-0.1, -0.05) is 54.6 Å². The Morgan fingerprint density at radius 3 is 2.35 bits per heavy atom. The topological polar surface area (TPSA) is 127 Å². The van der Waals surface area contributed by atoms with Gasteiger partial charge in [0.1, 0.15) is 12.7 Å². The highest BCUT2D eigenvalue weighted by atomic mass is 19.4. The SMILES string of the molecule is N#CC1=C(N)C(C#N)(C#N)C(c2ccccc2C(F)(F)F)C2CN(C(=O)OCc3ccccc3)CC=C12. The molecule has 0 saturated carbocycles. The maximum atomic E-state index is 14.0. The van der Waals surface area contributed by atoms with Crippen molar-refractivity contribution in [1.82, 2.24) is 4.90 Å². The van der Waals surface area contributed by atoms with E-state index in [1.54, 1.807) is 24.3 Å². The van der Waals surface area contributed by atoms with E-state index in [4.69, 9.17) is 10.5 Å². The predicted molar refractivity (Wildman–Crippen MR) is 124 cm³/mol. The number of carbonyl (C=O) groups is 1. The van der Waals surface area contributed by atoms with Crippen LogP contribution in [0.15, 0.2) is 77.5 Å².